The lowest BCUT2D eigenvalue weighted by Crippen LogP contribution is -2.38. The van der Waals surface area contributed by atoms with Crippen molar-refractivity contribution in [1.82, 2.24) is 0 Å². The van der Waals surface area contributed by atoms with Gasteiger partial charge in [-0.2, -0.15) is 0 Å². The Morgan fingerprint density at radius 1 is 1.60 bits per heavy atom. The topological polar surface area (TPSA) is 46.2 Å². The minimum absolute atomic E-state index is 0.198. The van der Waals surface area contributed by atoms with Gasteiger partial charge in [0.1, 0.15) is 0 Å². The lowest BCUT2D eigenvalue weighted by molar-refractivity contribution is 0.129. The minimum Gasteiger partial charge on any atom is -0.391 e. The zero-order valence-corrected chi connectivity index (χ0v) is 6.54. The zero-order valence-electron chi connectivity index (χ0n) is 6.54. The Morgan fingerprint density at radius 3 is 2.40 bits per heavy atom. The van der Waals surface area contributed by atoms with E-state index in [2.05, 4.69) is 5.92 Å². The molecule has 0 aromatic carbocycles. The molecule has 0 aliphatic carbocycles. The third-order valence-corrected chi connectivity index (χ3v) is 1.54. The second-order valence-corrected chi connectivity index (χ2v) is 2.80. The Labute approximate surface area is 62.4 Å². The highest BCUT2D eigenvalue weighted by Gasteiger charge is 2.16. The average molecular weight is 141 g/mol. The van der Waals surface area contributed by atoms with Crippen molar-refractivity contribution in [3.63, 3.8) is 0 Å². The number of hydrogen-bond donors (Lipinski definition) is 2. The lowest BCUT2D eigenvalue weighted by Gasteiger charge is -2.19. The predicted octanol–water partition coefficient (Wildman–Crippen LogP) is 0.354. The summed E-state index contributed by atoms with van der Waals surface area (Å²) in [6, 6.07) is -0.198. The molecule has 2 nitrogen and oxygen atoms in total. The molecule has 58 valence electrons. The Hall–Kier alpha value is -0.520. The first kappa shape index (κ1) is 9.48. The first-order valence-corrected chi connectivity index (χ1v) is 3.46. The summed E-state index contributed by atoms with van der Waals surface area (Å²) in [5.74, 6) is 2.65. The fourth-order valence-electron chi connectivity index (χ4n) is 0.701. The fraction of sp³-hybridized carbons (Fsp3) is 0.750. The van der Waals surface area contributed by atoms with E-state index in [0.717, 1.165) is 0 Å². The molecule has 3 N–H and O–H groups in total. The van der Waals surface area contributed by atoms with Crippen molar-refractivity contribution >= 4 is 0 Å². The fourth-order valence-corrected chi connectivity index (χ4v) is 0.701. The maximum Gasteiger partial charge on any atom is 0.0802 e. The van der Waals surface area contributed by atoms with Gasteiger partial charge in [0.2, 0.25) is 0 Å². The van der Waals surface area contributed by atoms with Crippen LogP contribution < -0.4 is 5.73 Å². The van der Waals surface area contributed by atoms with Crippen LogP contribution in [0.15, 0.2) is 0 Å². The molecule has 0 saturated carbocycles. The van der Waals surface area contributed by atoms with E-state index in [1.807, 2.05) is 13.8 Å². The van der Waals surface area contributed by atoms with Gasteiger partial charge in [-0.15, -0.1) is 12.3 Å². The summed E-state index contributed by atoms with van der Waals surface area (Å²) in [5, 5.41) is 9.22. The standard InChI is InChI=1S/C8H15NO/c1-4-5-7(10)8(9)6(2)3/h1,6-8,10H,5,9H2,2-3H3. The summed E-state index contributed by atoms with van der Waals surface area (Å²) >= 11 is 0. The second-order valence-electron chi connectivity index (χ2n) is 2.80. The van der Waals surface area contributed by atoms with Gasteiger partial charge in [0, 0.05) is 12.5 Å². The molecule has 0 aromatic rings. The van der Waals surface area contributed by atoms with Crippen molar-refractivity contribution in [3.8, 4) is 12.3 Å². The van der Waals surface area contributed by atoms with Crippen LogP contribution in [0.3, 0.4) is 0 Å². The molecule has 2 unspecified atom stereocenters. The summed E-state index contributed by atoms with van der Waals surface area (Å²) in [6.07, 6.45) is 4.80. The van der Waals surface area contributed by atoms with Crippen LogP contribution in [0.2, 0.25) is 0 Å². The van der Waals surface area contributed by atoms with Crippen molar-refractivity contribution < 1.29 is 5.11 Å². The van der Waals surface area contributed by atoms with E-state index in [0.29, 0.717) is 6.42 Å². The number of aliphatic hydroxyl groups is 1. The van der Waals surface area contributed by atoms with Crippen molar-refractivity contribution in [2.24, 2.45) is 11.7 Å². The average Bonchev–Trinajstić information content (AvgIpc) is 1.87. The molecule has 0 fully saturated rings. The normalized spacial score (nSPS) is 16.4. The van der Waals surface area contributed by atoms with Crippen LogP contribution in [-0.4, -0.2) is 17.3 Å². The molecule has 0 aliphatic rings. The number of terminal acetylenes is 1. The van der Waals surface area contributed by atoms with E-state index in [4.69, 9.17) is 12.2 Å². The molecule has 0 bridgehead atoms. The maximum absolute atomic E-state index is 9.22. The highest BCUT2D eigenvalue weighted by Crippen LogP contribution is 2.05. The van der Waals surface area contributed by atoms with Gasteiger partial charge in [0.05, 0.1) is 6.10 Å². The maximum atomic E-state index is 9.22. The lowest BCUT2D eigenvalue weighted by atomic mass is 9.98. The highest BCUT2D eigenvalue weighted by atomic mass is 16.3. The Balaban J connectivity index is 3.72. The number of hydrogen-bond acceptors (Lipinski definition) is 2. The molecule has 10 heavy (non-hydrogen) atoms. The molecule has 0 heterocycles. The van der Waals surface area contributed by atoms with Gasteiger partial charge < -0.3 is 10.8 Å². The number of aliphatic hydroxyl groups excluding tert-OH is 1. The highest BCUT2D eigenvalue weighted by molar-refractivity contribution is 4.90. The Kier molecular flexibility index (Phi) is 4.10. The molecule has 0 aliphatic heterocycles. The van der Waals surface area contributed by atoms with Crippen LogP contribution in [0.1, 0.15) is 20.3 Å². The summed E-state index contributed by atoms with van der Waals surface area (Å²) < 4.78 is 0. The molecule has 2 atom stereocenters. The molecule has 0 spiro atoms. The Morgan fingerprint density at radius 2 is 2.10 bits per heavy atom. The van der Waals surface area contributed by atoms with Crippen molar-refractivity contribution in [2.75, 3.05) is 0 Å². The van der Waals surface area contributed by atoms with Gasteiger partial charge in [-0.25, -0.2) is 0 Å². The van der Waals surface area contributed by atoms with Crippen molar-refractivity contribution in [3.05, 3.63) is 0 Å². The predicted molar refractivity (Wildman–Crippen MR) is 42.3 cm³/mol. The van der Waals surface area contributed by atoms with E-state index in [-0.39, 0.29) is 12.0 Å². The summed E-state index contributed by atoms with van der Waals surface area (Å²) in [6.45, 7) is 3.93. The largest absolute Gasteiger partial charge is 0.391 e. The molecular formula is C8H15NO. The van der Waals surface area contributed by atoms with E-state index in [9.17, 15) is 5.11 Å². The molecule has 0 amide bonds. The first-order valence-electron chi connectivity index (χ1n) is 3.46. The molecule has 0 saturated heterocycles. The van der Waals surface area contributed by atoms with Gasteiger partial charge in [-0.05, 0) is 5.92 Å². The van der Waals surface area contributed by atoms with E-state index < -0.39 is 6.10 Å². The van der Waals surface area contributed by atoms with Gasteiger partial charge in [0.25, 0.3) is 0 Å². The SMILES string of the molecule is C#CCC(O)C(N)C(C)C. The van der Waals surface area contributed by atoms with Crippen LogP contribution in [0.4, 0.5) is 0 Å². The summed E-state index contributed by atoms with van der Waals surface area (Å²) in [5.41, 5.74) is 5.60. The van der Waals surface area contributed by atoms with Crippen LogP contribution in [-0.2, 0) is 0 Å². The van der Waals surface area contributed by atoms with Gasteiger partial charge in [-0.3, -0.25) is 0 Å². The monoisotopic (exact) mass is 141 g/mol. The van der Waals surface area contributed by atoms with Crippen molar-refractivity contribution in [1.29, 1.82) is 0 Å². The molecule has 0 rings (SSSR count). The van der Waals surface area contributed by atoms with Crippen LogP contribution >= 0.6 is 0 Å². The summed E-state index contributed by atoms with van der Waals surface area (Å²) in [7, 11) is 0. The van der Waals surface area contributed by atoms with E-state index in [1.54, 1.807) is 0 Å². The van der Waals surface area contributed by atoms with Gasteiger partial charge in [-0.1, -0.05) is 13.8 Å². The van der Waals surface area contributed by atoms with Crippen LogP contribution in [0.5, 0.6) is 0 Å². The molecular weight excluding hydrogens is 126 g/mol. The molecule has 0 aromatic heterocycles. The summed E-state index contributed by atoms with van der Waals surface area (Å²) in [4.78, 5) is 0. The van der Waals surface area contributed by atoms with Crippen molar-refractivity contribution in [2.45, 2.75) is 32.4 Å². The van der Waals surface area contributed by atoms with Gasteiger partial charge in [0.15, 0.2) is 0 Å². The number of rotatable bonds is 3. The zero-order chi connectivity index (χ0) is 8.15. The van der Waals surface area contributed by atoms with Crippen LogP contribution in [0, 0.1) is 18.3 Å². The molecule has 0 radical (unpaired) electrons. The third kappa shape index (κ3) is 2.86. The quantitative estimate of drug-likeness (QED) is 0.557. The second kappa shape index (κ2) is 4.32. The third-order valence-electron chi connectivity index (χ3n) is 1.54. The first-order chi connectivity index (χ1) is 4.59. The van der Waals surface area contributed by atoms with Crippen LogP contribution in [0.25, 0.3) is 0 Å². The van der Waals surface area contributed by atoms with Gasteiger partial charge >= 0.3 is 0 Å². The smallest absolute Gasteiger partial charge is 0.0802 e. The van der Waals surface area contributed by atoms with E-state index in [1.165, 1.54) is 0 Å². The van der Waals surface area contributed by atoms with E-state index >= 15 is 0 Å². The number of nitrogens with two attached hydrogens (primary N) is 1. The molecule has 2 heteroatoms. The minimum atomic E-state index is -0.551. The Bertz CT molecular complexity index is 126.